The summed E-state index contributed by atoms with van der Waals surface area (Å²) in [5.41, 5.74) is 0.437. The third-order valence-corrected chi connectivity index (χ3v) is 4.41. The molecule has 1 aliphatic heterocycles. The highest BCUT2D eigenvalue weighted by Crippen LogP contribution is 2.20. The summed E-state index contributed by atoms with van der Waals surface area (Å²) in [5.74, 6) is -0.758. The average Bonchev–Trinajstić information content (AvgIpc) is 2.59. The Kier molecular flexibility index (Phi) is 6.31. The molecule has 1 aromatic carbocycles. The number of aliphatic hydroxyl groups excluding tert-OH is 1. The van der Waals surface area contributed by atoms with Gasteiger partial charge in [0.2, 0.25) is 5.91 Å². The zero-order valence-electron chi connectivity index (χ0n) is 14.2. The van der Waals surface area contributed by atoms with Crippen LogP contribution in [0.4, 0.5) is 4.39 Å². The molecule has 0 aromatic heterocycles. The molecule has 1 aromatic rings. The maximum absolute atomic E-state index is 13.0. The Morgan fingerprint density at radius 3 is 2.67 bits per heavy atom. The van der Waals surface area contributed by atoms with Crippen LogP contribution >= 0.6 is 0 Å². The maximum atomic E-state index is 13.0. The lowest BCUT2D eigenvalue weighted by molar-refractivity contribution is -0.135. The topological polar surface area (TPSA) is 60.9 Å². The predicted molar refractivity (Wildman–Crippen MR) is 89.0 cm³/mol. The number of hydrogen-bond donors (Lipinski definition) is 1. The molecule has 0 bridgehead atoms. The van der Waals surface area contributed by atoms with Crippen molar-refractivity contribution in [2.45, 2.75) is 32.3 Å². The van der Waals surface area contributed by atoms with Gasteiger partial charge in [-0.1, -0.05) is 0 Å². The van der Waals surface area contributed by atoms with Crippen molar-refractivity contribution < 1.29 is 19.1 Å². The largest absolute Gasteiger partial charge is 0.393 e. The SMILES string of the molecule is CC(O)CCN(C)C(=O)C1CCCN(C(=O)c2ccc(F)cc2)C1. The van der Waals surface area contributed by atoms with Crippen molar-refractivity contribution in [3.05, 3.63) is 35.6 Å². The summed E-state index contributed by atoms with van der Waals surface area (Å²) in [6.45, 7) is 3.19. The Morgan fingerprint density at radius 2 is 2.04 bits per heavy atom. The molecular weight excluding hydrogens is 311 g/mol. The van der Waals surface area contributed by atoms with Crippen LogP contribution in [0.3, 0.4) is 0 Å². The second kappa shape index (κ2) is 8.24. The summed E-state index contributed by atoms with van der Waals surface area (Å²) in [7, 11) is 1.73. The van der Waals surface area contributed by atoms with Crippen LogP contribution in [0.5, 0.6) is 0 Å². The molecule has 1 aliphatic rings. The second-order valence-corrected chi connectivity index (χ2v) is 6.49. The Balaban J connectivity index is 1.96. The number of aliphatic hydroxyl groups is 1. The molecule has 1 N–H and O–H groups in total. The molecule has 2 atom stereocenters. The molecule has 0 aliphatic carbocycles. The number of nitrogens with zero attached hydrogens (tertiary/aromatic N) is 2. The fraction of sp³-hybridized carbons (Fsp3) is 0.556. The zero-order valence-corrected chi connectivity index (χ0v) is 14.2. The van der Waals surface area contributed by atoms with Crippen molar-refractivity contribution in [3.63, 3.8) is 0 Å². The van der Waals surface area contributed by atoms with E-state index >= 15 is 0 Å². The number of amides is 2. The van der Waals surface area contributed by atoms with Crippen molar-refractivity contribution in [3.8, 4) is 0 Å². The van der Waals surface area contributed by atoms with E-state index in [1.807, 2.05) is 0 Å². The Labute approximate surface area is 142 Å². The van der Waals surface area contributed by atoms with E-state index in [2.05, 4.69) is 0 Å². The van der Waals surface area contributed by atoms with Gasteiger partial charge in [-0.05, 0) is 50.5 Å². The van der Waals surface area contributed by atoms with Crippen LogP contribution in [-0.2, 0) is 4.79 Å². The van der Waals surface area contributed by atoms with Gasteiger partial charge in [0.15, 0.2) is 0 Å². The summed E-state index contributed by atoms with van der Waals surface area (Å²) >= 11 is 0. The Hall–Kier alpha value is -1.95. The fourth-order valence-electron chi connectivity index (χ4n) is 2.94. The molecule has 1 fully saturated rings. The van der Waals surface area contributed by atoms with Crippen LogP contribution in [0.15, 0.2) is 24.3 Å². The molecule has 6 heteroatoms. The van der Waals surface area contributed by atoms with Crippen LogP contribution in [0.25, 0.3) is 0 Å². The summed E-state index contributed by atoms with van der Waals surface area (Å²) in [4.78, 5) is 28.3. The molecule has 5 nitrogen and oxygen atoms in total. The molecule has 132 valence electrons. The first-order valence-electron chi connectivity index (χ1n) is 8.36. The van der Waals surface area contributed by atoms with E-state index in [9.17, 15) is 19.1 Å². The summed E-state index contributed by atoms with van der Waals surface area (Å²) < 4.78 is 13.0. The first kappa shape index (κ1) is 18.4. The van der Waals surface area contributed by atoms with E-state index in [4.69, 9.17) is 0 Å². The first-order chi connectivity index (χ1) is 11.4. The molecule has 2 rings (SSSR count). The van der Waals surface area contributed by atoms with Gasteiger partial charge in [-0.3, -0.25) is 9.59 Å². The van der Waals surface area contributed by atoms with Crippen LogP contribution in [0.1, 0.15) is 36.5 Å². The molecule has 24 heavy (non-hydrogen) atoms. The molecule has 2 amide bonds. The number of carbonyl (C=O) groups excluding carboxylic acids is 2. The minimum absolute atomic E-state index is 0.00672. The minimum atomic E-state index is -0.442. The van der Waals surface area contributed by atoms with Gasteiger partial charge >= 0.3 is 0 Å². The third-order valence-electron chi connectivity index (χ3n) is 4.41. The normalized spacial score (nSPS) is 19.0. The van der Waals surface area contributed by atoms with E-state index in [1.54, 1.807) is 23.8 Å². The quantitative estimate of drug-likeness (QED) is 0.893. The van der Waals surface area contributed by atoms with E-state index in [-0.39, 0.29) is 23.5 Å². The Bertz CT molecular complexity index is 574. The number of halogens is 1. The minimum Gasteiger partial charge on any atom is -0.393 e. The van der Waals surface area contributed by atoms with Crippen molar-refractivity contribution in [2.75, 3.05) is 26.7 Å². The van der Waals surface area contributed by atoms with Crippen molar-refractivity contribution >= 4 is 11.8 Å². The zero-order chi connectivity index (χ0) is 17.7. The number of rotatable bonds is 5. The summed E-state index contributed by atoms with van der Waals surface area (Å²) in [5, 5.41) is 9.34. The van der Waals surface area contributed by atoms with E-state index in [0.717, 1.165) is 12.8 Å². The average molecular weight is 336 g/mol. The second-order valence-electron chi connectivity index (χ2n) is 6.49. The van der Waals surface area contributed by atoms with Crippen LogP contribution < -0.4 is 0 Å². The van der Waals surface area contributed by atoms with E-state index in [1.165, 1.54) is 24.3 Å². The summed E-state index contributed by atoms with van der Waals surface area (Å²) in [6, 6.07) is 5.48. The highest BCUT2D eigenvalue weighted by Gasteiger charge is 2.30. The molecule has 0 saturated carbocycles. The van der Waals surface area contributed by atoms with Gasteiger partial charge in [0.1, 0.15) is 5.82 Å². The van der Waals surface area contributed by atoms with Crippen LogP contribution in [0.2, 0.25) is 0 Å². The molecular formula is C18H25FN2O3. The highest BCUT2D eigenvalue weighted by molar-refractivity contribution is 5.94. The Morgan fingerprint density at radius 1 is 1.38 bits per heavy atom. The van der Waals surface area contributed by atoms with Gasteiger partial charge in [-0.15, -0.1) is 0 Å². The van der Waals surface area contributed by atoms with E-state index < -0.39 is 6.10 Å². The monoisotopic (exact) mass is 336 g/mol. The van der Waals surface area contributed by atoms with Gasteiger partial charge in [0.25, 0.3) is 5.91 Å². The molecule has 1 heterocycles. The number of hydrogen-bond acceptors (Lipinski definition) is 3. The fourth-order valence-corrected chi connectivity index (χ4v) is 2.94. The van der Waals surface area contributed by atoms with Crippen molar-refractivity contribution in [2.24, 2.45) is 5.92 Å². The number of benzene rings is 1. The molecule has 0 spiro atoms. The highest BCUT2D eigenvalue weighted by atomic mass is 19.1. The maximum Gasteiger partial charge on any atom is 0.253 e. The standard InChI is InChI=1S/C18H25FN2O3/c1-13(22)9-11-20(2)17(23)15-4-3-10-21(12-15)18(24)14-5-7-16(19)8-6-14/h5-8,13,15,22H,3-4,9-12H2,1-2H3. The van der Waals surface area contributed by atoms with Gasteiger partial charge in [-0.2, -0.15) is 0 Å². The predicted octanol–water partition coefficient (Wildman–Crippen LogP) is 1.91. The molecule has 2 unspecified atom stereocenters. The smallest absolute Gasteiger partial charge is 0.253 e. The van der Waals surface area contributed by atoms with Crippen molar-refractivity contribution in [1.82, 2.24) is 9.80 Å². The first-order valence-corrected chi connectivity index (χ1v) is 8.36. The lowest BCUT2D eigenvalue weighted by Gasteiger charge is -2.34. The van der Waals surface area contributed by atoms with Gasteiger partial charge in [0, 0.05) is 32.2 Å². The van der Waals surface area contributed by atoms with Crippen LogP contribution in [-0.4, -0.2) is 59.5 Å². The van der Waals surface area contributed by atoms with E-state index in [0.29, 0.717) is 31.6 Å². The lowest BCUT2D eigenvalue weighted by Crippen LogP contribution is -2.46. The van der Waals surface area contributed by atoms with Gasteiger partial charge in [0.05, 0.1) is 12.0 Å². The number of likely N-dealkylation sites (tertiary alicyclic amines) is 1. The third kappa shape index (κ3) is 4.77. The van der Waals surface area contributed by atoms with Gasteiger partial charge < -0.3 is 14.9 Å². The van der Waals surface area contributed by atoms with Crippen molar-refractivity contribution in [1.29, 1.82) is 0 Å². The number of carbonyl (C=O) groups is 2. The molecule has 1 saturated heterocycles. The summed E-state index contributed by atoms with van der Waals surface area (Å²) in [6.07, 6.45) is 1.62. The lowest BCUT2D eigenvalue weighted by atomic mass is 9.96. The number of piperidine rings is 1. The molecule has 0 radical (unpaired) electrons. The van der Waals surface area contributed by atoms with Crippen LogP contribution in [0, 0.1) is 11.7 Å². The van der Waals surface area contributed by atoms with Gasteiger partial charge in [-0.25, -0.2) is 4.39 Å².